The van der Waals surface area contributed by atoms with E-state index in [4.69, 9.17) is 21.3 Å². The van der Waals surface area contributed by atoms with Crippen LogP contribution in [0.25, 0.3) is 22.4 Å². The second-order valence-corrected chi connectivity index (χ2v) is 7.22. The molecule has 2 aromatic carbocycles. The summed E-state index contributed by atoms with van der Waals surface area (Å²) < 4.78 is 56.1. The normalized spacial score (nSPS) is 11.7. The number of rotatable bonds is 3. The molecule has 130 valence electrons. The number of hydrogen-bond donors (Lipinski definition) is 1. The molecule has 2 N–H and O–H groups in total. The molecule has 0 aliphatic rings. The van der Waals surface area contributed by atoms with Crippen LogP contribution in [0.5, 0.6) is 0 Å². The Morgan fingerprint density at radius 2 is 1.76 bits per heavy atom. The van der Waals surface area contributed by atoms with Crippen molar-refractivity contribution in [2.75, 3.05) is 0 Å². The Hall–Kier alpha value is -2.29. The Morgan fingerprint density at radius 1 is 1.12 bits per heavy atom. The van der Waals surface area contributed by atoms with Crippen molar-refractivity contribution in [3.63, 3.8) is 0 Å². The summed E-state index contributed by atoms with van der Waals surface area (Å²) in [5.41, 5.74) is 1.29. The van der Waals surface area contributed by atoms with Gasteiger partial charge in [0.1, 0.15) is 23.1 Å². The Labute approximate surface area is 147 Å². The Bertz CT molecular complexity index is 1060. The zero-order valence-corrected chi connectivity index (χ0v) is 14.3. The highest BCUT2D eigenvalue weighted by atomic mass is 35.5. The summed E-state index contributed by atoms with van der Waals surface area (Å²) in [5, 5.41) is 9.20. The van der Waals surface area contributed by atoms with Crippen LogP contribution in [-0.4, -0.2) is 13.6 Å². The molecule has 0 aliphatic heterocycles. The lowest BCUT2D eigenvalue weighted by atomic mass is 9.99. The van der Waals surface area contributed by atoms with Gasteiger partial charge in [-0.3, -0.25) is 0 Å². The van der Waals surface area contributed by atoms with Crippen LogP contribution >= 0.6 is 11.6 Å². The highest BCUT2D eigenvalue weighted by molar-refractivity contribution is 7.89. The molecule has 0 fully saturated rings. The number of halogens is 3. The summed E-state index contributed by atoms with van der Waals surface area (Å²) in [6.45, 7) is 1.57. The topological polar surface area (TPSA) is 86.2 Å². The van der Waals surface area contributed by atoms with Crippen LogP contribution in [0.4, 0.5) is 8.78 Å². The molecule has 0 amide bonds. The number of aromatic nitrogens is 1. The summed E-state index contributed by atoms with van der Waals surface area (Å²) >= 11 is 5.96. The van der Waals surface area contributed by atoms with Crippen molar-refractivity contribution in [2.24, 2.45) is 5.14 Å². The summed E-state index contributed by atoms with van der Waals surface area (Å²) in [7, 11) is -4.53. The molecule has 9 heteroatoms. The molecule has 3 aromatic rings. The quantitative estimate of drug-likeness (QED) is 0.742. The number of nitrogens with zero attached hydrogens (tertiary/aromatic N) is 1. The van der Waals surface area contributed by atoms with E-state index in [0.717, 1.165) is 12.1 Å². The SMILES string of the molecule is Cc1onc(-c2cccc(Cl)c2)c1-c1cc(F)c(S(N)(=O)=O)c(F)c1. The van der Waals surface area contributed by atoms with E-state index in [1.54, 1.807) is 31.2 Å². The van der Waals surface area contributed by atoms with Gasteiger partial charge in [0.25, 0.3) is 0 Å². The first-order valence-electron chi connectivity index (χ1n) is 6.93. The summed E-state index contributed by atoms with van der Waals surface area (Å²) in [6.07, 6.45) is 0. The van der Waals surface area contributed by atoms with Gasteiger partial charge in [0.15, 0.2) is 4.90 Å². The van der Waals surface area contributed by atoms with Crippen LogP contribution in [0, 0.1) is 18.6 Å². The van der Waals surface area contributed by atoms with Gasteiger partial charge in [-0.15, -0.1) is 0 Å². The standard InChI is InChI=1S/C16H11ClF2N2O3S/c1-8-14(15(21-24-8)9-3-2-4-11(17)5-9)10-6-12(18)16(13(19)7-10)25(20,22)23/h2-7H,1H3,(H2,20,22,23). The molecule has 0 saturated heterocycles. The molecule has 0 saturated carbocycles. The first-order chi connectivity index (χ1) is 11.7. The van der Waals surface area contributed by atoms with E-state index in [2.05, 4.69) is 5.16 Å². The monoisotopic (exact) mass is 384 g/mol. The molecule has 0 unspecified atom stereocenters. The van der Waals surface area contributed by atoms with E-state index < -0.39 is 26.6 Å². The third-order valence-electron chi connectivity index (χ3n) is 3.53. The molecule has 0 atom stereocenters. The molecule has 0 aliphatic carbocycles. The van der Waals surface area contributed by atoms with E-state index in [1.165, 1.54) is 0 Å². The van der Waals surface area contributed by atoms with Crippen molar-refractivity contribution in [3.8, 4) is 22.4 Å². The van der Waals surface area contributed by atoms with Crippen LogP contribution in [0.2, 0.25) is 5.02 Å². The van der Waals surface area contributed by atoms with Crippen molar-refractivity contribution in [2.45, 2.75) is 11.8 Å². The predicted octanol–water partition coefficient (Wildman–Crippen LogP) is 3.90. The van der Waals surface area contributed by atoms with Crippen LogP contribution < -0.4 is 5.14 Å². The minimum Gasteiger partial charge on any atom is -0.360 e. The first kappa shape index (κ1) is 17.5. The summed E-state index contributed by atoms with van der Waals surface area (Å²) in [4.78, 5) is -1.19. The highest BCUT2D eigenvalue weighted by Crippen LogP contribution is 2.36. The maximum absolute atomic E-state index is 14.2. The van der Waals surface area contributed by atoms with Crippen molar-refractivity contribution in [1.82, 2.24) is 5.16 Å². The van der Waals surface area contributed by atoms with Crippen LogP contribution in [0.15, 0.2) is 45.8 Å². The molecule has 0 spiro atoms. The zero-order chi connectivity index (χ0) is 18.4. The van der Waals surface area contributed by atoms with Gasteiger partial charge < -0.3 is 4.52 Å². The fourth-order valence-corrected chi connectivity index (χ4v) is 3.37. The molecule has 25 heavy (non-hydrogen) atoms. The lowest BCUT2D eigenvalue weighted by Crippen LogP contribution is -2.16. The molecule has 5 nitrogen and oxygen atoms in total. The fourth-order valence-electron chi connectivity index (χ4n) is 2.52. The number of aryl methyl sites for hydroxylation is 1. The molecule has 3 rings (SSSR count). The predicted molar refractivity (Wildman–Crippen MR) is 88.4 cm³/mol. The van der Waals surface area contributed by atoms with E-state index in [0.29, 0.717) is 27.6 Å². The maximum atomic E-state index is 14.2. The Balaban J connectivity index is 2.24. The average molecular weight is 385 g/mol. The summed E-state index contributed by atoms with van der Waals surface area (Å²) in [6, 6.07) is 8.42. The first-order valence-corrected chi connectivity index (χ1v) is 8.85. The molecule has 0 radical (unpaired) electrons. The third kappa shape index (κ3) is 3.28. The lowest BCUT2D eigenvalue weighted by molar-refractivity contribution is 0.400. The molecule has 1 heterocycles. The minimum absolute atomic E-state index is 0.0659. The maximum Gasteiger partial charge on any atom is 0.243 e. The Kier molecular flexibility index (Phi) is 4.36. The van der Waals surface area contributed by atoms with Gasteiger partial charge in [0.2, 0.25) is 10.0 Å². The van der Waals surface area contributed by atoms with Gasteiger partial charge in [-0.1, -0.05) is 28.9 Å². The van der Waals surface area contributed by atoms with Crippen LogP contribution in [0.1, 0.15) is 5.76 Å². The number of nitrogens with two attached hydrogens (primary N) is 1. The van der Waals surface area contributed by atoms with Crippen molar-refractivity contribution < 1.29 is 21.7 Å². The van der Waals surface area contributed by atoms with Gasteiger partial charge in [-0.05, 0) is 36.8 Å². The molecular weight excluding hydrogens is 374 g/mol. The van der Waals surface area contributed by atoms with E-state index in [9.17, 15) is 17.2 Å². The smallest absolute Gasteiger partial charge is 0.243 e. The van der Waals surface area contributed by atoms with Gasteiger partial charge in [-0.2, -0.15) is 0 Å². The molecular formula is C16H11ClF2N2O3S. The third-order valence-corrected chi connectivity index (χ3v) is 4.73. The second-order valence-electron chi connectivity index (χ2n) is 5.29. The Morgan fingerprint density at radius 3 is 2.32 bits per heavy atom. The van der Waals surface area contributed by atoms with Crippen LogP contribution in [-0.2, 0) is 10.0 Å². The van der Waals surface area contributed by atoms with Crippen molar-refractivity contribution in [1.29, 1.82) is 0 Å². The minimum atomic E-state index is -4.53. The van der Waals surface area contributed by atoms with Crippen molar-refractivity contribution in [3.05, 3.63) is 58.8 Å². The van der Waals surface area contributed by atoms with Crippen LogP contribution in [0.3, 0.4) is 0 Å². The van der Waals surface area contributed by atoms with Gasteiger partial charge >= 0.3 is 0 Å². The van der Waals surface area contributed by atoms with E-state index >= 15 is 0 Å². The highest BCUT2D eigenvalue weighted by Gasteiger charge is 2.24. The van der Waals surface area contributed by atoms with Crippen molar-refractivity contribution >= 4 is 21.6 Å². The summed E-state index contributed by atoms with van der Waals surface area (Å²) in [5.74, 6) is -2.29. The fraction of sp³-hybridized carbons (Fsp3) is 0.0625. The molecule has 1 aromatic heterocycles. The number of benzene rings is 2. The largest absolute Gasteiger partial charge is 0.360 e. The van der Waals surface area contributed by atoms with E-state index in [1.807, 2.05) is 0 Å². The van der Waals surface area contributed by atoms with Gasteiger partial charge in [0.05, 0.1) is 5.56 Å². The van der Waals surface area contributed by atoms with E-state index in [-0.39, 0.29) is 5.56 Å². The van der Waals surface area contributed by atoms with Gasteiger partial charge in [-0.25, -0.2) is 22.3 Å². The number of primary sulfonamides is 1. The molecule has 0 bridgehead atoms. The van der Waals surface area contributed by atoms with Gasteiger partial charge in [0, 0.05) is 10.6 Å². The lowest BCUT2D eigenvalue weighted by Gasteiger charge is -2.08. The number of hydrogen-bond acceptors (Lipinski definition) is 4. The zero-order valence-electron chi connectivity index (χ0n) is 12.8. The average Bonchev–Trinajstić information content (AvgIpc) is 2.86. The second kappa shape index (κ2) is 6.21. The number of sulfonamides is 1.